The molecular formula is C24H28N3O3P. The smallest absolute Gasteiger partial charge is 0.300 e. The van der Waals surface area contributed by atoms with Crippen LogP contribution in [0, 0.1) is 13.8 Å². The van der Waals surface area contributed by atoms with Crippen molar-refractivity contribution >= 4 is 30.2 Å². The van der Waals surface area contributed by atoms with Gasteiger partial charge < -0.3 is 14.9 Å². The van der Waals surface area contributed by atoms with E-state index in [1.807, 2.05) is 81.0 Å². The highest BCUT2D eigenvalue weighted by Crippen LogP contribution is 2.62. The largest absolute Gasteiger partial charge is 0.507 e. The van der Waals surface area contributed by atoms with Gasteiger partial charge in [0.15, 0.2) is 0 Å². The summed E-state index contributed by atoms with van der Waals surface area (Å²) in [6.45, 7) is 6.51. The molecule has 4 rings (SSSR count). The van der Waals surface area contributed by atoms with Gasteiger partial charge in [0.1, 0.15) is 5.75 Å². The lowest BCUT2D eigenvalue weighted by Gasteiger charge is -2.24. The average molecular weight is 437 g/mol. The number of likely N-dealkylation sites (N-methyl/N-ethyl adjacent to an activating group) is 1. The summed E-state index contributed by atoms with van der Waals surface area (Å²) in [6, 6.07) is 13.8. The summed E-state index contributed by atoms with van der Waals surface area (Å²) in [6.07, 6.45) is 3.70. The van der Waals surface area contributed by atoms with Gasteiger partial charge in [-0.25, -0.2) is 4.67 Å². The molecule has 2 heterocycles. The number of pyridine rings is 1. The Balaban J connectivity index is 1.69. The topological polar surface area (TPSA) is 74.7 Å². The third-order valence-electron chi connectivity index (χ3n) is 5.82. The predicted molar refractivity (Wildman–Crippen MR) is 127 cm³/mol. The van der Waals surface area contributed by atoms with E-state index in [9.17, 15) is 9.67 Å². The van der Waals surface area contributed by atoms with Crippen molar-refractivity contribution in [3.8, 4) is 5.75 Å². The molecule has 0 aliphatic carbocycles. The maximum atomic E-state index is 13.9. The first-order valence-electron chi connectivity index (χ1n) is 10.4. The van der Waals surface area contributed by atoms with Gasteiger partial charge in [-0.05, 0) is 74.9 Å². The van der Waals surface area contributed by atoms with Gasteiger partial charge in [0.2, 0.25) is 0 Å². The van der Waals surface area contributed by atoms with Crippen LogP contribution in [-0.4, -0.2) is 41.0 Å². The molecule has 1 unspecified atom stereocenters. The van der Waals surface area contributed by atoms with E-state index in [0.29, 0.717) is 18.5 Å². The van der Waals surface area contributed by atoms with E-state index in [2.05, 4.69) is 10.3 Å². The van der Waals surface area contributed by atoms with Crippen LogP contribution in [0.2, 0.25) is 0 Å². The fourth-order valence-corrected chi connectivity index (χ4v) is 6.16. The van der Waals surface area contributed by atoms with Gasteiger partial charge in [-0.15, -0.1) is 0 Å². The number of hydrogen-bond donors (Lipinski definition) is 2. The Kier molecular flexibility index (Phi) is 5.89. The molecule has 0 bridgehead atoms. The molecule has 2 N–H and O–H groups in total. The number of para-hydroxylation sites is 1. The van der Waals surface area contributed by atoms with Crippen molar-refractivity contribution in [2.24, 2.45) is 0 Å². The maximum Gasteiger partial charge on any atom is 0.300 e. The number of phenols is 1. The fraction of sp³-hybridized carbons (Fsp3) is 0.292. The first-order valence-corrected chi connectivity index (χ1v) is 11.9. The van der Waals surface area contributed by atoms with Crippen LogP contribution in [0.15, 0.2) is 54.0 Å². The number of rotatable bonds is 5. The van der Waals surface area contributed by atoms with Crippen molar-refractivity contribution in [3.63, 3.8) is 0 Å². The molecule has 2 aromatic carbocycles. The first kappa shape index (κ1) is 21.6. The predicted octanol–water partition coefficient (Wildman–Crippen LogP) is 5.55. The van der Waals surface area contributed by atoms with E-state index in [4.69, 9.17) is 4.52 Å². The average Bonchev–Trinajstić information content (AvgIpc) is 3.03. The molecule has 1 fully saturated rings. The van der Waals surface area contributed by atoms with Crippen LogP contribution in [0.4, 0.5) is 5.69 Å². The maximum absolute atomic E-state index is 13.9. The summed E-state index contributed by atoms with van der Waals surface area (Å²) >= 11 is 0. The van der Waals surface area contributed by atoms with Crippen molar-refractivity contribution in [2.75, 3.05) is 25.5 Å². The van der Waals surface area contributed by atoms with Crippen molar-refractivity contribution in [2.45, 2.75) is 26.8 Å². The fourth-order valence-electron chi connectivity index (χ4n) is 3.81. The lowest BCUT2D eigenvalue weighted by Crippen LogP contribution is -2.22. The molecule has 31 heavy (non-hydrogen) atoms. The molecule has 1 aliphatic heterocycles. The summed E-state index contributed by atoms with van der Waals surface area (Å²) in [5, 5.41) is 15.2. The Hall–Kier alpha value is -2.66. The van der Waals surface area contributed by atoms with Gasteiger partial charge in [0.05, 0.1) is 24.0 Å². The number of hydrogen-bond acceptors (Lipinski definition) is 5. The molecule has 1 saturated heterocycles. The van der Waals surface area contributed by atoms with Gasteiger partial charge in [-0.1, -0.05) is 18.2 Å². The molecule has 0 amide bonds. The molecular weight excluding hydrogens is 409 g/mol. The lowest BCUT2D eigenvalue weighted by atomic mass is 10.1. The third kappa shape index (κ3) is 4.24. The monoisotopic (exact) mass is 437 g/mol. The zero-order valence-corrected chi connectivity index (χ0v) is 19.2. The second-order valence-electron chi connectivity index (χ2n) is 8.15. The summed E-state index contributed by atoms with van der Waals surface area (Å²) in [5.74, 6) is 0.286. The van der Waals surface area contributed by atoms with Crippen molar-refractivity contribution in [1.29, 1.82) is 0 Å². The van der Waals surface area contributed by atoms with Crippen LogP contribution in [0.3, 0.4) is 0 Å². The van der Waals surface area contributed by atoms with Crippen LogP contribution < -0.4 is 5.32 Å². The number of aromatic nitrogens is 1. The highest BCUT2D eigenvalue weighted by Gasteiger charge is 2.42. The van der Waals surface area contributed by atoms with Gasteiger partial charge in [-0.2, -0.15) is 0 Å². The summed E-state index contributed by atoms with van der Waals surface area (Å²) in [4.78, 5) is 4.50. The Morgan fingerprint density at radius 3 is 2.68 bits per heavy atom. The second-order valence-corrected chi connectivity index (χ2v) is 10.7. The summed E-state index contributed by atoms with van der Waals surface area (Å²) < 4.78 is 21.5. The number of phenolic OH excluding ortho intramolecular Hbond substituents is 1. The number of anilines is 1. The van der Waals surface area contributed by atoms with Gasteiger partial charge in [0, 0.05) is 23.3 Å². The minimum atomic E-state index is -3.17. The minimum absolute atomic E-state index is 0.0693. The molecule has 0 radical (unpaired) electrons. The third-order valence-corrected chi connectivity index (χ3v) is 8.55. The zero-order valence-electron chi connectivity index (χ0n) is 18.3. The second kappa shape index (κ2) is 8.46. The van der Waals surface area contributed by atoms with Gasteiger partial charge >= 0.3 is 0 Å². The molecule has 0 spiro atoms. The Morgan fingerprint density at radius 2 is 2.00 bits per heavy atom. The Labute approximate surface area is 183 Å². The molecule has 162 valence electrons. The highest BCUT2D eigenvalue weighted by molar-refractivity contribution is 7.61. The number of nitrogens with zero attached hydrogens (tertiary/aromatic N) is 2. The minimum Gasteiger partial charge on any atom is -0.507 e. The number of benzene rings is 2. The van der Waals surface area contributed by atoms with Crippen molar-refractivity contribution in [3.05, 3.63) is 70.7 Å². The lowest BCUT2D eigenvalue weighted by molar-refractivity contribution is 0.334. The van der Waals surface area contributed by atoms with Gasteiger partial charge in [0.25, 0.3) is 7.52 Å². The van der Waals surface area contributed by atoms with Crippen molar-refractivity contribution in [1.82, 2.24) is 9.65 Å². The number of fused-ring (bicyclic) bond motifs is 1. The first-order chi connectivity index (χ1) is 14.8. The highest BCUT2D eigenvalue weighted by atomic mass is 31.2. The number of aromatic hydroxyl groups is 1. The van der Waals surface area contributed by atoms with E-state index in [1.54, 1.807) is 6.20 Å². The summed E-state index contributed by atoms with van der Waals surface area (Å²) in [7, 11) is -1.33. The summed E-state index contributed by atoms with van der Waals surface area (Å²) in [5.41, 5.74) is 4.23. The molecule has 0 saturated carbocycles. The van der Waals surface area contributed by atoms with E-state index in [-0.39, 0.29) is 11.8 Å². The van der Waals surface area contributed by atoms with Crippen LogP contribution in [0.5, 0.6) is 5.75 Å². The Morgan fingerprint density at radius 1 is 1.29 bits per heavy atom. The quantitative estimate of drug-likeness (QED) is 0.510. The van der Waals surface area contributed by atoms with Crippen LogP contribution >= 0.6 is 7.52 Å². The van der Waals surface area contributed by atoms with Crippen LogP contribution in [0.25, 0.3) is 17.0 Å². The molecule has 1 aliphatic rings. The molecule has 7 heteroatoms. The number of aryl methyl sites for hydroxylation is 2. The molecule has 6 nitrogen and oxygen atoms in total. The van der Waals surface area contributed by atoms with Crippen molar-refractivity contribution < 1.29 is 14.2 Å². The van der Waals surface area contributed by atoms with E-state index in [0.717, 1.165) is 33.3 Å². The normalized spacial score (nSPS) is 22.2. The van der Waals surface area contributed by atoms with Gasteiger partial charge in [-0.3, -0.25) is 9.55 Å². The molecule has 1 aromatic heterocycles. The number of nitrogens with one attached hydrogen (secondary N) is 1. The van der Waals surface area contributed by atoms with E-state index in [1.165, 1.54) is 0 Å². The Bertz CT molecular complexity index is 1180. The SMILES string of the molecule is Cc1cc(/C=C(/CNc2cnc3ccccc3c2)P2(=O)OC[C@H](C)N2C)cc(C)c1O. The van der Waals surface area contributed by atoms with Crippen LogP contribution in [0.1, 0.15) is 23.6 Å². The van der Waals surface area contributed by atoms with E-state index < -0.39 is 7.52 Å². The van der Waals surface area contributed by atoms with E-state index >= 15 is 0 Å². The van der Waals surface area contributed by atoms with Crippen LogP contribution in [-0.2, 0) is 9.09 Å². The standard InChI is InChI=1S/C24H28N3O3P/c1-16-9-19(10-17(2)24(16)28)11-22(31(29)27(4)18(3)15-30-31)14-25-21-12-20-7-5-6-8-23(20)26-13-21/h5-13,18,25,28H,14-15H2,1-4H3/b22-11-/t18-,31?/m0/s1. The molecule has 2 atom stereocenters. The molecule has 3 aromatic rings. The zero-order chi connectivity index (χ0) is 22.2.